The lowest BCUT2D eigenvalue weighted by atomic mass is 10.3. The lowest BCUT2D eigenvalue weighted by molar-refractivity contribution is 0.327. The van der Waals surface area contributed by atoms with E-state index in [0.717, 1.165) is 24.4 Å². The monoisotopic (exact) mass is 274 g/mol. The van der Waals surface area contributed by atoms with Gasteiger partial charge in [0, 0.05) is 5.92 Å². The van der Waals surface area contributed by atoms with Crippen LogP contribution in [0.25, 0.3) is 0 Å². The minimum Gasteiger partial charge on any atom is -0.476 e. The first-order valence-corrected chi connectivity index (χ1v) is 6.84. The van der Waals surface area contributed by atoms with Crippen molar-refractivity contribution in [2.75, 3.05) is 17.7 Å². The molecule has 2 heterocycles. The molecular formula is C14H18N4O2. The number of nitrogens with one attached hydrogen (secondary N) is 1. The summed E-state index contributed by atoms with van der Waals surface area (Å²) in [5.41, 5.74) is 6.50. The normalized spacial score (nSPS) is 14.2. The molecule has 0 radical (unpaired) electrons. The van der Waals surface area contributed by atoms with Crippen molar-refractivity contribution < 1.29 is 9.15 Å². The standard InChI is InChI=1S/C14H18N4O2/c1-2-19-14-11(15)13(16-8-10-4-3-7-20-10)17-12(18-14)9-5-6-9/h3-4,7,9H,2,5-6,8,15H2,1H3,(H,16,17,18). The molecule has 3 N–H and O–H groups in total. The van der Waals surface area contributed by atoms with E-state index in [9.17, 15) is 0 Å². The summed E-state index contributed by atoms with van der Waals surface area (Å²) in [6, 6.07) is 3.75. The van der Waals surface area contributed by atoms with E-state index in [-0.39, 0.29) is 0 Å². The Morgan fingerprint density at radius 1 is 1.45 bits per heavy atom. The molecule has 0 spiro atoms. The Bertz CT molecular complexity index is 579. The van der Waals surface area contributed by atoms with Crippen LogP contribution in [0.5, 0.6) is 5.88 Å². The lowest BCUT2D eigenvalue weighted by Crippen LogP contribution is -2.10. The largest absolute Gasteiger partial charge is 0.476 e. The van der Waals surface area contributed by atoms with Gasteiger partial charge >= 0.3 is 0 Å². The highest BCUT2D eigenvalue weighted by molar-refractivity contribution is 5.67. The van der Waals surface area contributed by atoms with Gasteiger partial charge in [0.05, 0.1) is 19.4 Å². The number of hydrogen-bond donors (Lipinski definition) is 2. The Kier molecular flexibility index (Phi) is 3.45. The van der Waals surface area contributed by atoms with Gasteiger partial charge < -0.3 is 20.2 Å². The van der Waals surface area contributed by atoms with Crippen LogP contribution in [0.4, 0.5) is 11.5 Å². The van der Waals surface area contributed by atoms with Crippen molar-refractivity contribution in [2.24, 2.45) is 0 Å². The van der Waals surface area contributed by atoms with Crippen molar-refractivity contribution in [1.82, 2.24) is 9.97 Å². The van der Waals surface area contributed by atoms with Crippen LogP contribution in [0.15, 0.2) is 22.8 Å². The summed E-state index contributed by atoms with van der Waals surface area (Å²) >= 11 is 0. The van der Waals surface area contributed by atoms with Gasteiger partial charge in [-0.05, 0) is 31.9 Å². The SMILES string of the molecule is CCOc1nc(C2CC2)nc(NCc2ccco2)c1N. The molecule has 0 aliphatic heterocycles. The van der Waals surface area contributed by atoms with Crippen LogP contribution >= 0.6 is 0 Å². The molecule has 1 fully saturated rings. The van der Waals surface area contributed by atoms with Gasteiger partial charge in [0.1, 0.15) is 17.3 Å². The van der Waals surface area contributed by atoms with E-state index in [1.165, 1.54) is 0 Å². The smallest absolute Gasteiger partial charge is 0.242 e. The van der Waals surface area contributed by atoms with Crippen LogP contribution in [-0.4, -0.2) is 16.6 Å². The third-order valence-electron chi connectivity index (χ3n) is 3.16. The first-order valence-electron chi connectivity index (χ1n) is 6.84. The summed E-state index contributed by atoms with van der Waals surface area (Å²) in [6.45, 7) is 2.97. The number of nitrogen functional groups attached to an aromatic ring is 1. The molecule has 0 saturated heterocycles. The van der Waals surface area contributed by atoms with Crippen molar-refractivity contribution in [3.63, 3.8) is 0 Å². The maximum Gasteiger partial charge on any atom is 0.242 e. The fraction of sp³-hybridized carbons (Fsp3) is 0.429. The average Bonchev–Trinajstić information content (AvgIpc) is 3.17. The van der Waals surface area contributed by atoms with E-state index in [4.69, 9.17) is 14.9 Å². The van der Waals surface area contributed by atoms with Crippen molar-refractivity contribution >= 4 is 11.5 Å². The second-order valence-electron chi connectivity index (χ2n) is 4.79. The zero-order chi connectivity index (χ0) is 13.9. The Labute approximate surface area is 117 Å². The number of furan rings is 1. The Hall–Kier alpha value is -2.24. The zero-order valence-electron chi connectivity index (χ0n) is 11.4. The molecule has 3 rings (SSSR count). The molecule has 20 heavy (non-hydrogen) atoms. The molecule has 6 nitrogen and oxygen atoms in total. The molecule has 0 unspecified atom stereocenters. The Balaban J connectivity index is 1.83. The van der Waals surface area contributed by atoms with Crippen molar-refractivity contribution in [3.8, 4) is 5.88 Å². The number of nitrogens with zero attached hydrogens (tertiary/aromatic N) is 2. The summed E-state index contributed by atoms with van der Waals surface area (Å²) < 4.78 is 10.8. The number of ether oxygens (including phenoxy) is 1. The summed E-state index contributed by atoms with van der Waals surface area (Å²) in [7, 11) is 0. The van der Waals surface area contributed by atoms with Crippen LogP contribution in [-0.2, 0) is 6.54 Å². The second-order valence-corrected chi connectivity index (χ2v) is 4.79. The molecule has 106 valence electrons. The topological polar surface area (TPSA) is 86.2 Å². The van der Waals surface area contributed by atoms with Crippen LogP contribution in [0.1, 0.15) is 37.3 Å². The highest BCUT2D eigenvalue weighted by Gasteiger charge is 2.28. The summed E-state index contributed by atoms with van der Waals surface area (Å²) in [5.74, 6) is 3.16. The van der Waals surface area contributed by atoms with E-state index in [1.54, 1.807) is 6.26 Å². The maximum absolute atomic E-state index is 6.06. The highest BCUT2D eigenvalue weighted by Crippen LogP contribution is 2.40. The first-order chi connectivity index (χ1) is 9.78. The van der Waals surface area contributed by atoms with Crippen molar-refractivity contribution in [3.05, 3.63) is 30.0 Å². The van der Waals surface area contributed by atoms with Crippen LogP contribution in [0, 0.1) is 0 Å². The number of nitrogens with two attached hydrogens (primary N) is 1. The summed E-state index contributed by atoms with van der Waals surface area (Å²) in [4.78, 5) is 8.92. The molecule has 0 atom stereocenters. The fourth-order valence-electron chi connectivity index (χ4n) is 1.95. The highest BCUT2D eigenvalue weighted by atomic mass is 16.5. The van der Waals surface area contributed by atoms with Crippen LogP contribution < -0.4 is 15.8 Å². The van der Waals surface area contributed by atoms with E-state index < -0.39 is 0 Å². The number of rotatable bonds is 6. The van der Waals surface area contributed by atoms with Gasteiger partial charge in [-0.1, -0.05) is 0 Å². The fourth-order valence-corrected chi connectivity index (χ4v) is 1.95. The van der Waals surface area contributed by atoms with E-state index in [0.29, 0.717) is 36.5 Å². The Morgan fingerprint density at radius 2 is 2.30 bits per heavy atom. The van der Waals surface area contributed by atoms with Crippen molar-refractivity contribution in [1.29, 1.82) is 0 Å². The summed E-state index contributed by atoms with van der Waals surface area (Å²) in [6.07, 6.45) is 3.90. The predicted molar refractivity (Wildman–Crippen MR) is 75.6 cm³/mol. The van der Waals surface area contributed by atoms with Gasteiger partial charge in [-0.15, -0.1) is 0 Å². The van der Waals surface area contributed by atoms with Crippen LogP contribution in [0.3, 0.4) is 0 Å². The molecule has 2 aromatic heterocycles. The molecule has 1 aliphatic carbocycles. The van der Waals surface area contributed by atoms with Gasteiger partial charge in [0.25, 0.3) is 0 Å². The maximum atomic E-state index is 6.06. The third-order valence-corrected chi connectivity index (χ3v) is 3.16. The molecule has 0 bridgehead atoms. The summed E-state index contributed by atoms with van der Waals surface area (Å²) in [5, 5.41) is 3.19. The Morgan fingerprint density at radius 3 is 2.95 bits per heavy atom. The molecule has 1 saturated carbocycles. The first kappa shape index (κ1) is 12.8. The van der Waals surface area contributed by atoms with Gasteiger partial charge in [-0.2, -0.15) is 4.98 Å². The lowest BCUT2D eigenvalue weighted by Gasteiger charge is -2.12. The number of anilines is 2. The predicted octanol–water partition coefficient (Wildman–Crippen LogP) is 2.54. The quantitative estimate of drug-likeness (QED) is 0.841. The van der Waals surface area contributed by atoms with E-state index in [2.05, 4.69) is 15.3 Å². The zero-order valence-corrected chi connectivity index (χ0v) is 11.4. The third kappa shape index (κ3) is 2.68. The second kappa shape index (κ2) is 5.40. The minimum atomic E-state index is 0.443. The van der Waals surface area contributed by atoms with Gasteiger partial charge in [-0.25, -0.2) is 4.98 Å². The number of aromatic nitrogens is 2. The van der Waals surface area contributed by atoms with Gasteiger partial charge in [0.15, 0.2) is 5.82 Å². The molecule has 2 aromatic rings. The molecule has 1 aliphatic rings. The average molecular weight is 274 g/mol. The molecule has 0 amide bonds. The molecular weight excluding hydrogens is 256 g/mol. The van der Waals surface area contributed by atoms with Crippen molar-refractivity contribution in [2.45, 2.75) is 32.2 Å². The van der Waals surface area contributed by atoms with E-state index >= 15 is 0 Å². The van der Waals surface area contributed by atoms with Gasteiger partial charge in [-0.3, -0.25) is 0 Å². The van der Waals surface area contributed by atoms with Gasteiger partial charge in [0.2, 0.25) is 5.88 Å². The number of hydrogen-bond acceptors (Lipinski definition) is 6. The van der Waals surface area contributed by atoms with Crippen LogP contribution in [0.2, 0.25) is 0 Å². The molecule has 0 aromatic carbocycles. The van der Waals surface area contributed by atoms with E-state index in [1.807, 2.05) is 19.1 Å². The minimum absolute atomic E-state index is 0.443. The molecule has 6 heteroatoms.